The van der Waals surface area contributed by atoms with E-state index in [1.54, 1.807) is 24.3 Å². The average Bonchev–Trinajstić information content (AvgIpc) is 2.42. The summed E-state index contributed by atoms with van der Waals surface area (Å²) in [5.74, 6) is 0.352. The molecule has 0 aromatic heterocycles. The van der Waals surface area contributed by atoms with Crippen molar-refractivity contribution in [2.45, 2.75) is 13.0 Å². The van der Waals surface area contributed by atoms with E-state index in [0.29, 0.717) is 24.5 Å². The van der Waals surface area contributed by atoms with E-state index in [4.69, 9.17) is 9.47 Å². The van der Waals surface area contributed by atoms with Gasteiger partial charge in [-0.25, -0.2) is 0 Å². The van der Waals surface area contributed by atoms with Crippen LogP contribution >= 0.6 is 15.9 Å². The molecule has 1 rings (SSSR count). The van der Waals surface area contributed by atoms with Gasteiger partial charge in [0.1, 0.15) is 5.75 Å². The SMILES string of the molecule is C=CCOC(C)CNC(=O)c1ccc(Br)cc1OC. The highest BCUT2D eigenvalue weighted by Crippen LogP contribution is 2.23. The van der Waals surface area contributed by atoms with Gasteiger partial charge in [-0.1, -0.05) is 22.0 Å². The number of carbonyl (C=O) groups excluding carboxylic acids is 1. The molecule has 0 saturated heterocycles. The predicted octanol–water partition coefficient (Wildman–Crippen LogP) is 2.78. The van der Waals surface area contributed by atoms with Gasteiger partial charge >= 0.3 is 0 Å². The molecule has 0 radical (unpaired) electrons. The van der Waals surface area contributed by atoms with Gasteiger partial charge in [0.25, 0.3) is 5.91 Å². The summed E-state index contributed by atoms with van der Waals surface area (Å²) in [6.07, 6.45) is 1.61. The summed E-state index contributed by atoms with van der Waals surface area (Å²) in [6, 6.07) is 5.27. The van der Waals surface area contributed by atoms with Crippen LogP contribution in [0.25, 0.3) is 0 Å². The van der Waals surface area contributed by atoms with Crippen molar-refractivity contribution in [1.29, 1.82) is 0 Å². The van der Waals surface area contributed by atoms with Gasteiger partial charge in [-0.3, -0.25) is 4.79 Å². The van der Waals surface area contributed by atoms with Crippen LogP contribution in [0.3, 0.4) is 0 Å². The number of nitrogens with one attached hydrogen (secondary N) is 1. The quantitative estimate of drug-likeness (QED) is 0.783. The van der Waals surface area contributed by atoms with Crippen LogP contribution in [0.5, 0.6) is 5.75 Å². The maximum absolute atomic E-state index is 12.0. The summed E-state index contributed by atoms with van der Waals surface area (Å²) in [5.41, 5.74) is 0.502. The van der Waals surface area contributed by atoms with Crippen LogP contribution < -0.4 is 10.1 Å². The molecule has 1 unspecified atom stereocenters. The number of amides is 1. The topological polar surface area (TPSA) is 47.6 Å². The van der Waals surface area contributed by atoms with Crippen LogP contribution in [-0.4, -0.2) is 32.3 Å². The van der Waals surface area contributed by atoms with E-state index in [1.807, 2.05) is 6.92 Å². The Balaban J connectivity index is 2.60. The van der Waals surface area contributed by atoms with Crippen molar-refractivity contribution in [1.82, 2.24) is 5.32 Å². The van der Waals surface area contributed by atoms with Crippen LogP contribution in [0.1, 0.15) is 17.3 Å². The van der Waals surface area contributed by atoms with Crippen molar-refractivity contribution in [3.8, 4) is 5.75 Å². The predicted molar refractivity (Wildman–Crippen MR) is 78.6 cm³/mol. The van der Waals surface area contributed by atoms with E-state index in [-0.39, 0.29) is 12.0 Å². The van der Waals surface area contributed by atoms with Crippen molar-refractivity contribution in [2.24, 2.45) is 0 Å². The molecule has 0 spiro atoms. The normalized spacial score (nSPS) is 11.7. The Labute approximate surface area is 121 Å². The molecule has 19 heavy (non-hydrogen) atoms. The Morgan fingerprint density at radius 1 is 1.58 bits per heavy atom. The second kappa shape index (κ2) is 7.96. The summed E-state index contributed by atoms with van der Waals surface area (Å²) in [6.45, 7) is 6.37. The van der Waals surface area contributed by atoms with Gasteiger partial charge in [0.05, 0.1) is 25.4 Å². The Morgan fingerprint density at radius 3 is 2.95 bits per heavy atom. The number of carbonyl (C=O) groups is 1. The van der Waals surface area contributed by atoms with Gasteiger partial charge in [-0.2, -0.15) is 0 Å². The first-order valence-corrected chi connectivity index (χ1v) is 6.72. The largest absolute Gasteiger partial charge is 0.496 e. The van der Waals surface area contributed by atoms with Crippen molar-refractivity contribution < 1.29 is 14.3 Å². The van der Waals surface area contributed by atoms with Crippen molar-refractivity contribution in [3.05, 3.63) is 40.9 Å². The number of methoxy groups -OCH3 is 1. The number of halogens is 1. The highest BCUT2D eigenvalue weighted by molar-refractivity contribution is 9.10. The molecule has 0 fully saturated rings. The van der Waals surface area contributed by atoms with E-state index < -0.39 is 0 Å². The molecule has 1 amide bonds. The van der Waals surface area contributed by atoms with Gasteiger partial charge in [-0.15, -0.1) is 6.58 Å². The molecule has 1 atom stereocenters. The summed E-state index contributed by atoms with van der Waals surface area (Å²) < 4.78 is 11.4. The zero-order chi connectivity index (χ0) is 14.3. The van der Waals surface area contributed by atoms with Gasteiger partial charge < -0.3 is 14.8 Å². The number of rotatable bonds is 7. The minimum Gasteiger partial charge on any atom is -0.496 e. The maximum Gasteiger partial charge on any atom is 0.255 e. The van der Waals surface area contributed by atoms with Crippen LogP contribution in [0.2, 0.25) is 0 Å². The minimum atomic E-state index is -0.182. The molecule has 0 aliphatic carbocycles. The van der Waals surface area contributed by atoms with Gasteiger partial charge in [0, 0.05) is 11.0 Å². The first kappa shape index (κ1) is 15.7. The second-order valence-electron chi connectivity index (χ2n) is 3.99. The standard InChI is InChI=1S/C14H18BrNO3/c1-4-7-19-10(2)9-16-14(17)12-6-5-11(15)8-13(12)18-3/h4-6,8,10H,1,7,9H2,2-3H3,(H,16,17). The molecule has 1 aromatic carbocycles. The zero-order valence-corrected chi connectivity index (χ0v) is 12.7. The minimum absolute atomic E-state index is 0.0663. The zero-order valence-electron chi connectivity index (χ0n) is 11.1. The molecule has 1 N–H and O–H groups in total. The summed E-state index contributed by atoms with van der Waals surface area (Å²) in [4.78, 5) is 12.0. The summed E-state index contributed by atoms with van der Waals surface area (Å²) in [7, 11) is 1.54. The molecule has 4 nitrogen and oxygen atoms in total. The fraction of sp³-hybridized carbons (Fsp3) is 0.357. The highest BCUT2D eigenvalue weighted by atomic mass is 79.9. The third-order valence-corrected chi connectivity index (χ3v) is 2.95. The van der Waals surface area contributed by atoms with Gasteiger partial charge in [0.2, 0.25) is 0 Å². The highest BCUT2D eigenvalue weighted by Gasteiger charge is 2.13. The fourth-order valence-corrected chi connectivity index (χ4v) is 1.82. The average molecular weight is 328 g/mol. The lowest BCUT2D eigenvalue weighted by Gasteiger charge is -2.14. The fourth-order valence-electron chi connectivity index (χ4n) is 1.48. The molecule has 1 aromatic rings. The van der Waals surface area contributed by atoms with E-state index in [2.05, 4.69) is 27.8 Å². The van der Waals surface area contributed by atoms with Crippen molar-refractivity contribution in [2.75, 3.05) is 20.3 Å². The first-order chi connectivity index (χ1) is 9.08. The third-order valence-electron chi connectivity index (χ3n) is 2.46. The lowest BCUT2D eigenvalue weighted by Crippen LogP contribution is -2.32. The van der Waals surface area contributed by atoms with Crippen LogP contribution in [0, 0.1) is 0 Å². The summed E-state index contributed by atoms with van der Waals surface area (Å²) >= 11 is 3.34. The molecule has 0 bridgehead atoms. The Morgan fingerprint density at radius 2 is 2.32 bits per heavy atom. The Hall–Kier alpha value is -1.33. The lowest BCUT2D eigenvalue weighted by molar-refractivity contribution is 0.0768. The maximum atomic E-state index is 12.0. The molecular weight excluding hydrogens is 310 g/mol. The van der Waals surface area contributed by atoms with Crippen LogP contribution in [0.4, 0.5) is 0 Å². The van der Waals surface area contributed by atoms with Crippen molar-refractivity contribution in [3.63, 3.8) is 0 Å². The van der Waals surface area contributed by atoms with Crippen LogP contribution in [0.15, 0.2) is 35.3 Å². The molecule has 0 aliphatic heterocycles. The van der Waals surface area contributed by atoms with Gasteiger partial charge in [0.15, 0.2) is 0 Å². The van der Waals surface area contributed by atoms with E-state index in [9.17, 15) is 4.79 Å². The monoisotopic (exact) mass is 327 g/mol. The van der Waals surface area contributed by atoms with E-state index in [0.717, 1.165) is 4.47 Å². The molecule has 0 saturated carbocycles. The van der Waals surface area contributed by atoms with Crippen molar-refractivity contribution >= 4 is 21.8 Å². The van der Waals surface area contributed by atoms with Crippen LogP contribution in [-0.2, 0) is 4.74 Å². The number of hydrogen-bond acceptors (Lipinski definition) is 3. The Kier molecular flexibility index (Phi) is 6.59. The molecule has 104 valence electrons. The first-order valence-electron chi connectivity index (χ1n) is 5.92. The van der Waals surface area contributed by atoms with E-state index in [1.165, 1.54) is 7.11 Å². The second-order valence-corrected chi connectivity index (χ2v) is 4.90. The van der Waals surface area contributed by atoms with E-state index >= 15 is 0 Å². The third kappa shape index (κ3) is 5.04. The number of benzene rings is 1. The number of hydrogen-bond donors (Lipinski definition) is 1. The molecular formula is C14H18BrNO3. The number of ether oxygens (including phenoxy) is 2. The molecule has 5 heteroatoms. The Bertz CT molecular complexity index is 448. The van der Waals surface area contributed by atoms with Gasteiger partial charge in [-0.05, 0) is 25.1 Å². The smallest absolute Gasteiger partial charge is 0.255 e. The molecule has 0 heterocycles. The summed E-state index contributed by atoms with van der Waals surface area (Å²) in [5, 5.41) is 2.81. The lowest BCUT2D eigenvalue weighted by atomic mass is 10.2. The molecule has 0 aliphatic rings.